The van der Waals surface area contributed by atoms with Gasteiger partial charge in [-0.05, 0) is 49.2 Å². The van der Waals surface area contributed by atoms with Gasteiger partial charge in [0.15, 0.2) is 11.6 Å². The Morgan fingerprint density at radius 2 is 1.50 bits per heavy atom. The zero-order chi connectivity index (χ0) is 20.0. The molecule has 0 bridgehead atoms. The maximum atomic E-state index is 12.6. The SMILES string of the molecule is Cc1cc(C=C2C(=O)c3ccccc3C2=O)c(C)n1-c1ccc(C(=O)[O-])cc1. The minimum absolute atomic E-state index is 0.105. The van der Waals surface area contributed by atoms with Gasteiger partial charge in [-0.2, -0.15) is 0 Å². The zero-order valence-electron chi connectivity index (χ0n) is 15.4. The van der Waals surface area contributed by atoms with E-state index >= 15 is 0 Å². The van der Waals surface area contributed by atoms with E-state index in [1.807, 2.05) is 24.5 Å². The molecular formula is C23H16NO4-. The summed E-state index contributed by atoms with van der Waals surface area (Å²) >= 11 is 0. The molecule has 0 atom stereocenters. The largest absolute Gasteiger partial charge is 0.545 e. The Kier molecular flexibility index (Phi) is 4.08. The van der Waals surface area contributed by atoms with E-state index in [1.165, 1.54) is 12.1 Å². The predicted octanol–water partition coefficient (Wildman–Crippen LogP) is 2.92. The van der Waals surface area contributed by atoms with Crippen LogP contribution in [0, 0.1) is 13.8 Å². The van der Waals surface area contributed by atoms with E-state index in [-0.39, 0.29) is 22.7 Å². The van der Waals surface area contributed by atoms with Gasteiger partial charge in [-0.3, -0.25) is 9.59 Å². The molecule has 3 aromatic rings. The van der Waals surface area contributed by atoms with Gasteiger partial charge in [0.05, 0.1) is 11.5 Å². The third kappa shape index (κ3) is 2.68. The first-order chi connectivity index (χ1) is 13.4. The fourth-order valence-corrected chi connectivity index (χ4v) is 3.64. The molecule has 0 aliphatic heterocycles. The average molecular weight is 370 g/mol. The van der Waals surface area contributed by atoms with Crippen molar-refractivity contribution in [3.8, 4) is 5.69 Å². The van der Waals surface area contributed by atoms with Crippen LogP contribution in [0.5, 0.6) is 0 Å². The number of nitrogens with zero attached hydrogens (tertiary/aromatic N) is 1. The van der Waals surface area contributed by atoms with Crippen LogP contribution in [0.4, 0.5) is 0 Å². The molecule has 1 aliphatic rings. The molecule has 5 nitrogen and oxygen atoms in total. The van der Waals surface area contributed by atoms with E-state index < -0.39 is 5.97 Å². The standard InChI is InChI=1S/C23H17NO4/c1-13-11-16(12-20-21(25)18-5-3-4-6-19(18)22(20)26)14(2)24(13)17-9-7-15(8-10-17)23(27)28/h3-12H,1-2H3,(H,27,28)/p-1. The lowest BCUT2D eigenvalue weighted by Crippen LogP contribution is -2.22. The molecule has 2 aromatic carbocycles. The number of Topliss-reactive ketones (excluding diaryl/α,β-unsaturated/α-hetero) is 2. The van der Waals surface area contributed by atoms with Crippen LogP contribution in [0.1, 0.15) is 48.0 Å². The van der Waals surface area contributed by atoms with Gasteiger partial charge in [0, 0.05) is 28.2 Å². The Hall–Kier alpha value is -3.73. The number of allylic oxidation sites excluding steroid dienone is 1. The van der Waals surface area contributed by atoms with E-state index in [9.17, 15) is 19.5 Å². The lowest BCUT2D eigenvalue weighted by Gasteiger charge is -2.11. The van der Waals surface area contributed by atoms with Crippen molar-refractivity contribution in [1.82, 2.24) is 4.57 Å². The summed E-state index contributed by atoms with van der Waals surface area (Å²) in [6.07, 6.45) is 1.64. The van der Waals surface area contributed by atoms with Gasteiger partial charge < -0.3 is 14.5 Å². The smallest absolute Gasteiger partial charge is 0.197 e. The average Bonchev–Trinajstić information content (AvgIpc) is 3.10. The molecule has 0 amide bonds. The minimum Gasteiger partial charge on any atom is -0.545 e. The van der Waals surface area contributed by atoms with Crippen LogP contribution in [0.25, 0.3) is 11.8 Å². The number of hydrogen-bond acceptors (Lipinski definition) is 4. The van der Waals surface area contributed by atoms with Crippen LogP contribution < -0.4 is 5.11 Å². The third-order valence-electron chi connectivity index (χ3n) is 5.04. The van der Waals surface area contributed by atoms with Crippen LogP contribution in [-0.2, 0) is 0 Å². The maximum Gasteiger partial charge on any atom is 0.197 e. The van der Waals surface area contributed by atoms with Crippen molar-refractivity contribution in [2.75, 3.05) is 0 Å². The topological polar surface area (TPSA) is 79.2 Å². The Balaban J connectivity index is 1.77. The van der Waals surface area contributed by atoms with E-state index in [1.54, 1.807) is 42.5 Å². The minimum atomic E-state index is -1.23. The number of carboxylic acid groups (broad SMARTS) is 1. The number of rotatable bonds is 3. The molecule has 1 aromatic heterocycles. The van der Waals surface area contributed by atoms with Gasteiger partial charge in [0.1, 0.15) is 0 Å². The number of carbonyl (C=O) groups excluding carboxylic acids is 3. The number of benzene rings is 2. The lowest BCUT2D eigenvalue weighted by molar-refractivity contribution is -0.255. The van der Waals surface area contributed by atoms with Crippen molar-refractivity contribution >= 4 is 23.6 Å². The first-order valence-corrected chi connectivity index (χ1v) is 8.79. The lowest BCUT2D eigenvalue weighted by atomic mass is 10.1. The van der Waals surface area contributed by atoms with E-state index in [0.29, 0.717) is 11.1 Å². The van der Waals surface area contributed by atoms with Crippen molar-refractivity contribution in [1.29, 1.82) is 0 Å². The summed E-state index contributed by atoms with van der Waals surface area (Å²) in [5.74, 6) is -1.75. The van der Waals surface area contributed by atoms with Crippen molar-refractivity contribution in [2.45, 2.75) is 13.8 Å². The molecule has 28 heavy (non-hydrogen) atoms. The van der Waals surface area contributed by atoms with Crippen LogP contribution in [0.2, 0.25) is 0 Å². The van der Waals surface area contributed by atoms with Crippen LogP contribution in [-0.4, -0.2) is 22.1 Å². The van der Waals surface area contributed by atoms with Crippen LogP contribution in [0.15, 0.2) is 60.2 Å². The van der Waals surface area contributed by atoms with Gasteiger partial charge in [-0.15, -0.1) is 0 Å². The van der Waals surface area contributed by atoms with Crippen LogP contribution >= 0.6 is 0 Å². The first kappa shape index (κ1) is 17.7. The highest BCUT2D eigenvalue weighted by Crippen LogP contribution is 2.30. The Morgan fingerprint density at radius 3 is 2.04 bits per heavy atom. The molecule has 0 fully saturated rings. The molecule has 5 heteroatoms. The number of hydrogen-bond donors (Lipinski definition) is 0. The normalized spacial score (nSPS) is 13.0. The van der Waals surface area contributed by atoms with E-state index in [2.05, 4.69) is 0 Å². The van der Waals surface area contributed by atoms with Gasteiger partial charge in [0.2, 0.25) is 0 Å². The Morgan fingerprint density at radius 1 is 0.929 bits per heavy atom. The second-order valence-corrected chi connectivity index (χ2v) is 6.76. The number of fused-ring (bicyclic) bond motifs is 1. The van der Waals surface area contributed by atoms with Gasteiger partial charge in [-0.1, -0.05) is 36.4 Å². The molecule has 0 saturated heterocycles. The Labute approximate surface area is 161 Å². The molecule has 1 heterocycles. The fourth-order valence-electron chi connectivity index (χ4n) is 3.64. The highest BCUT2D eigenvalue weighted by molar-refractivity contribution is 6.41. The molecule has 138 valence electrons. The summed E-state index contributed by atoms with van der Waals surface area (Å²) in [4.78, 5) is 36.2. The summed E-state index contributed by atoms with van der Waals surface area (Å²) in [5.41, 5.74) is 4.45. The summed E-state index contributed by atoms with van der Waals surface area (Å²) in [6.45, 7) is 3.80. The number of aromatic nitrogens is 1. The second kappa shape index (κ2) is 6.46. The monoisotopic (exact) mass is 370 g/mol. The summed E-state index contributed by atoms with van der Waals surface area (Å²) in [6, 6.07) is 15.1. The molecular weight excluding hydrogens is 354 g/mol. The highest BCUT2D eigenvalue weighted by Gasteiger charge is 2.32. The van der Waals surface area contributed by atoms with Crippen LogP contribution in [0.3, 0.4) is 0 Å². The molecule has 0 N–H and O–H groups in total. The van der Waals surface area contributed by atoms with Crippen molar-refractivity contribution < 1.29 is 19.5 Å². The summed E-state index contributed by atoms with van der Waals surface area (Å²) in [5, 5.41) is 10.9. The number of aromatic carboxylic acids is 1. The van der Waals surface area contributed by atoms with Crippen molar-refractivity contribution in [3.63, 3.8) is 0 Å². The third-order valence-corrected chi connectivity index (χ3v) is 5.04. The highest BCUT2D eigenvalue weighted by atomic mass is 16.4. The molecule has 0 unspecified atom stereocenters. The predicted molar refractivity (Wildman–Crippen MR) is 103 cm³/mol. The van der Waals surface area contributed by atoms with Gasteiger partial charge in [0.25, 0.3) is 0 Å². The van der Waals surface area contributed by atoms with Gasteiger partial charge >= 0.3 is 0 Å². The molecule has 0 saturated carbocycles. The maximum absolute atomic E-state index is 12.6. The number of carbonyl (C=O) groups is 3. The van der Waals surface area contributed by atoms with Crippen molar-refractivity contribution in [3.05, 3.63) is 93.8 Å². The van der Waals surface area contributed by atoms with E-state index in [0.717, 1.165) is 22.6 Å². The zero-order valence-corrected chi connectivity index (χ0v) is 15.4. The quantitative estimate of drug-likeness (QED) is 0.524. The van der Waals surface area contributed by atoms with Crippen molar-refractivity contribution in [2.24, 2.45) is 0 Å². The summed E-state index contributed by atoms with van der Waals surface area (Å²) < 4.78 is 1.95. The van der Waals surface area contributed by atoms with Gasteiger partial charge in [-0.25, -0.2) is 0 Å². The molecule has 0 radical (unpaired) electrons. The number of ketones is 2. The second-order valence-electron chi connectivity index (χ2n) is 6.76. The summed E-state index contributed by atoms with van der Waals surface area (Å²) in [7, 11) is 0. The molecule has 1 aliphatic carbocycles. The first-order valence-electron chi connectivity index (χ1n) is 8.79. The Bertz CT molecular complexity index is 1140. The van der Waals surface area contributed by atoms with E-state index in [4.69, 9.17) is 0 Å². The fraction of sp³-hybridized carbons (Fsp3) is 0.0870. The molecule has 4 rings (SSSR count). The number of aryl methyl sites for hydroxylation is 1. The molecule has 0 spiro atoms. The number of carboxylic acids is 1.